The van der Waals surface area contributed by atoms with Crippen LogP contribution in [0.25, 0.3) is 10.8 Å². The second-order valence-corrected chi connectivity index (χ2v) is 5.55. The van der Waals surface area contributed by atoms with Gasteiger partial charge in [-0.15, -0.1) is 0 Å². The minimum Gasteiger partial charge on any atom is -0.285 e. The summed E-state index contributed by atoms with van der Waals surface area (Å²) in [4.78, 5) is 24.7. The predicted octanol–water partition coefficient (Wildman–Crippen LogP) is 4.67. The van der Waals surface area contributed by atoms with Crippen LogP contribution in [0.3, 0.4) is 0 Å². The van der Waals surface area contributed by atoms with Gasteiger partial charge in [-0.3, -0.25) is 9.59 Å². The minimum atomic E-state index is -0.502. The van der Waals surface area contributed by atoms with Crippen LogP contribution in [0.5, 0.6) is 0 Å². The van der Waals surface area contributed by atoms with Crippen LogP contribution in [0.4, 0.5) is 0 Å². The summed E-state index contributed by atoms with van der Waals surface area (Å²) in [7, 11) is 0. The average molecular weight is 339 g/mol. The van der Waals surface area contributed by atoms with Crippen molar-refractivity contribution in [2.75, 3.05) is 0 Å². The van der Waals surface area contributed by atoms with Gasteiger partial charge in [-0.05, 0) is 29.0 Å². The summed E-state index contributed by atoms with van der Waals surface area (Å²) in [5.74, 6) is -0.995. The number of carbonyl (C=O) groups excluding carboxylic acids is 2. The Morgan fingerprint density at radius 3 is 2.14 bits per heavy atom. The maximum Gasteiger partial charge on any atom is 0.234 e. The number of halogens is 1. The highest BCUT2D eigenvalue weighted by atomic mass is 79.9. The van der Waals surface area contributed by atoms with Crippen LogP contribution in [-0.4, -0.2) is 11.6 Å². The maximum absolute atomic E-state index is 12.4. The zero-order chi connectivity index (χ0) is 14.8. The van der Waals surface area contributed by atoms with E-state index in [-0.39, 0.29) is 0 Å². The summed E-state index contributed by atoms with van der Waals surface area (Å²) in [5.41, 5.74) is 0.796. The molecule has 0 heterocycles. The first kappa shape index (κ1) is 13.7. The van der Waals surface area contributed by atoms with Crippen molar-refractivity contribution in [3.63, 3.8) is 0 Å². The van der Waals surface area contributed by atoms with Gasteiger partial charge >= 0.3 is 0 Å². The lowest BCUT2D eigenvalue weighted by Gasteiger charge is -2.04. The molecule has 0 saturated carbocycles. The van der Waals surface area contributed by atoms with E-state index >= 15 is 0 Å². The smallest absolute Gasteiger partial charge is 0.234 e. The summed E-state index contributed by atoms with van der Waals surface area (Å²) >= 11 is 3.30. The minimum absolute atomic E-state index is 0.385. The van der Waals surface area contributed by atoms with Crippen molar-refractivity contribution >= 4 is 38.3 Å². The van der Waals surface area contributed by atoms with Gasteiger partial charge in [-0.25, -0.2) is 0 Å². The Hall–Kier alpha value is -2.26. The third kappa shape index (κ3) is 2.65. The molecule has 3 rings (SSSR count). The largest absolute Gasteiger partial charge is 0.285 e. The summed E-state index contributed by atoms with van der Waals surface area (Å²) < 4.78 is 0.629. The van der Waals surface area contributed by atoms with Crippen molar-refractivity contribution < 1.29 is 9.59 Å². The standard InChI is InChI=1S/C18H11BrO2/c19-16-8-4-3-7-15(16)18(21)17(20)14-10-9-12-5-1-2-6-13(12)11-14/h1-11H. The summed E-state index contributed by atoms with van der Waals surface area (Å²) in [6, 6.07) is 20.0. The zero-order valence-electron chi connectivity index (χ0n) is 11.0. The molecular formula is C18H11BrO2. The second-order valence-electron chi connectivity index (χ2n) is 4.70. The van der Waals surface area contributed by atoms with Crippen LogP contribution >= 0.6 is 15.9 Å². The quantitative estimate of drug-likeness (QED) is 0.513. The highest BCUT2D eigenvalue weighted by Gasteiger charge is 2.20. The fourth-order valence-corrected chi connectivity index (χ4v) is 2.69. The van der Waals surface area contributed by atoms with Crippen molar-refractivity contribution in [3.8, 4) is 0 Å². The van der Waals surface area contributed by atoms with Crippen LogP contribution in [0, 0.1) is 0 Å². The van der Waals surface area contributed by atoms with Crippen molar-refractivity contribution in [2.45, 2.75) is 0 Å². The van der Waals surface area contributed by atoms with Gasteiger partial charge in [0.2, 0.25) is 11.6 Å². The average Bonchev–Trinajstić information content (AvgIpc) is 2.53. The molecule has 0 aliphatic carbocycles. The number of hydrogen-bond acceptors (Lipinski definition) is 2. The van der Waals surface area contributed by atoms with E-state index < -0.39 is 11.6 Å². The van der Waals surface area contributed by atoms with Crippen LogP contribution in [0.2, 0.25) is 0 Å². The molecule has 2 nitrogen and oxygen atoms in total. The third-order valence-electron chi connectivity index (χ3n) is 3.34. The Labute approximate surface area is 130 Å². The summed E-state index contributed by atoms with van der Waals surface area (Å²) in [6.07, 6.45) is 0. The molecular weight excluding hydrogens is 328 g/mol. The molecule has 3 heteroatoms. The zero-order valence-corrected chi connectivity index (χ0v) is 12.6. The molecule has 0 bridgehead atoms. The monoisotopic (exact) mass is 338 g/mol. The van der Waals surface area contributed by atoms with E-state index in [1.807, 2.05) is 30.3 Å². The fourth-order valence-electron chi connectivity index (χ4n) is 2.23. The molecule has 0 amide bonds. The topological polar surface area (TPSA) is 34.1 Å². The van der Waals surface area contributed by atoms with E-state index in [4.69, 9.17) is 0 Å². The fraction of sp³-hybridized carbons (Fsp3) is 0. The van der Waals surface area contributed by atoms with E-state index in [9.17, 15) is 9.59 Å². The molecule has 0 radical (unpaired) electrons. The van der Waals surface area contributed by atoms with Crippen molar-refractivity contribution in [1.29, 1.82) is 0 Å². The molecule has 0 saturated heterocycles. The van der Waals surface area contributed by atoms with Crippen LogP contribution in [0.1, 0.15) is 20.7 Å². The number of ketones is 2. The number of hydrogen-bond donors (Lipinski definition) is 0. The molecule has 0 atom stereocenters. The molecule has 0 aliphatic heterocycles. The van der Waals surface area contributed by atoms with Gasteiger partial charge in [0.15, 0.2) is 0 Å². The number of fused-ring (bicyclic) bond motifs is 1. The lowest BCUT2D eigenvalue weighted by Crippen LogP contribution is -2.14. The Morgan fingerprint density at radius 2 is 1.38 bits per heavy atom. The Balaban J connectivity index is 2.00. The number of Topliss-reactive ketones (excluding diaryl/α,β-unsaturated/α-hetero) is 2. The van der Waals surface area contributed by atoms with Gasteiger partial charge in [0, 0.05) is 15.6 Å². The van der Waals surface area contributed by atoms with E-state index in [0.717, 1.165) is 10.8 Å². The second kappa shape index (κ2) is 5.62. The van der Waals surface area contributed by atoms with Crippen molar-refractivity contribution in [3.05, 3.63) is 82.3 Å². The molecule has 0 unspecified atom stereocenters. The molecule has 3 aromatic carbocycles. The van der Waals surface area contributed by atoms with Gasteiger partial charge in [-0.1, -0.05) is 64.5 Å². The van der Waals surface area contributed by atoms with Gasteiger partial charge < -0.3 is 0 Å². The highest BCUT2D eigenvalue weighted by Crippen LogP contribution is 2.20. The number of rotatable bonds is 3. The molecule has 0 aliphatic rings. The molecule has 102 valence electrons. The van der Waals surface area contributed by atoms with Crippen molar-refractivity contribution in [1.82, 2.24) is 0 Å². The number of carbonyl (C=O) groups is 2. The Kier molecular flexibility index (Phi) is 3.67. The molecule has 0 aromatic heterocycles. The predicted molar refractivity (Wildman–Crippen MR) is 86.8 cm³/mol. The van der Waals surface area contributed by atoms with E-state index in [2.05, 4.69) is 15.9 Å². The maximum atomic E-state index is 12.4. The van der Waals surface area contributed by atoms with Gasteiger partial charge in [0.25, 0.3) is 0 Å². The molecule has 0 N–H and O–H groups in total. The number of benzene rings is 3. The van der Waals surface area contributed by atoms with Crippen LogP contribution in [0.15, 0.2) is 71.2 Å². The normalized spacial score (nSPS) is 10.5. The van der Waals surface area contributed by atoms with E-state index in [0.29, 0.717) is 15.6 Å². The third-order valence-corrected chi connectivity index (χ3v) is 4.03. The molecule has 21 heavy (non-hydrogen) atoms. The first-order valence-electron chi connectivity index (χ1n) is 6.49. The van der Waals surface area contributed by atoms with E-state index in [1.54, 1.807) is 36.4 Å². The van der Waals surface area contributed by atoms with E-state index in [1.165, 1.54) is 0 Å². The molecule has 3 aromatic rings. The first-order valence-corrected chi connectivity index (χ1v) is 7.28. The Bertz CT molecular complexity index is 852. The SMILES string of the molecule is O=C(C(=O)c1ccccc1Br)c1ccc2ccccc2c1. The summed E-state index contributed by atoms with van der Waals surface area (Å²) in [6.45, 7) is 0. The molecule has 0 fully saturated rings. The van der Waals surface area contributed by atoms with Crippen LogP contribution < -0.4 is 0 Å². The lowest BCUT2D eigenvalue weighted by atomic mass is 9.99. The van der Waals surface area contributed by atoms with Crippen molar-refractivity contribution in [2.24, 2.45) is 0 Å². The van der Waals surface area contributed by atoms with Gasteiger partial charge in [0.05, 0.1) is 0 Å². The molecule has 0 spiro atoms. The first-order chi connectivity index (χ1) is 10.2. The Morgan fingerprint density at radius 1 is 0.714 bits per heavy atom. The summed E-state index contributed by atoms with van der Waals surface area (Å²) in [5, 5.41) is 1.99. The highest BCUT2D eigenvalue weighted by molar-refractivity contribution is 9.10. The van der Waals surface area contributed by atoms with Crippen LogP contribution in [-0.2, 0) is 0 Å². The lowest BCUT2D eigenvalue weighted by molar-refractivity contribution is 0.0816. The van der Waals surface area contributed by atoms with Gasteiger partial charge in [-0.2, -0.15) is 0 Å². The van der Waals surface area contributed by atoms with Gasteiger partial charge in [0.1, 0.15) is 0 Å².